The molecule has 0 aromatic rings. The van der Waals surface area contributed by atoms with Crippen molar-refractivity contribution in [1.29, 1.82) is 0 Å². The van der Waals surface area contributed by atoms with Crippen molar-refractivity contribution in [2.75, 3.05) is 6.61 Å². The summed E-state index contributed by atoms with van der Waals surface area (Å²) in [4.78, 5) is 45.4. The lowest BCUT2D eigenvalue weighted by Gasteiger charge is -2.76. The molecule has 8 bridgehead atoms. The van der Waals surface area contributed by atoms with Gasteiger partial charge in [0.15, 0.2) is 17.3 Å². The van der Waals surface area contributed by atoms with Gasteiger partial charge in [-0.3, -0.25) is 14.4 Å². The molecule has 0 amide bonds. The second kappa shape index (κ2) is 9.14. The fourth-order valence-electron chi connectivity index (χ4n) is 18.6. The Balaban J connectivity index is 1.06. The predicted molar refractivity (Wildman–Crippen MR) is 188 cm³/mol. The Bertz CT molecular complexity index is 1990. The molecule has 5 N–H and O–H groups in total. The van der Waals surface area contributed by atoms with E-state index in [1.54, 1.807) is 0 Å². The summed E-state index contributed by atoms with van der Waals surface area (Å²) in [6, 6.07) is 0. The van der Waals surface area contributed by atoms with Crippen molar-refractivity contribution in [2.45, 2.75) is 145 Å². The van der Waals surface area contributed by atoms with Crippen LogP contribution in [0, 0.1) is 68.0 Å². The first-order valence-electron chi connectivity index (χ1n) is 20.8. The molecule has 12 nitrogen and oxygen atoms in total. The van der Waals surface area contributed by atoms with Crippen molar-refractivity contribution in [2.24, 2.45) is 68.0 Å². The number of ether oxygens (including phenoxy) is 4. The molecule has 8 saturated carbocycles. The third-order valence-corrected chi connectivity index (χ3v) is 19.6. The fourth-order valence-corrected chi connectivity index (χ4v) is 18.6. The van der Waals surface area contributed by atoms with E-state index in [1.165, 1.54) is 0 Å². The van der Waals surface area contributed by atoms with Crippen molar-refractivity contribution in [3.63, 3.8) is 0 Å². The molecule has 6 saturated heterocycles. The molecule has 0 unspecified atom stereocenters. The summed E-state index contributed by atoms with van der Waals surface area (Å²) < 4.78 is 27.9. The number of fused-ring (bicyclic) bond motifs is 4. The molecule has 12 heteroatoms. The lowest BCUT2D eigenvalue weighted by atomic mass is 9.32. The highest BCUT2D eigenvalue weighted by Crippen LogP contribution is 2.87. The predicted octanol–water partition coefficient (Wildman–Crippen LogP) is 1.91. The van der Waals surface area contributed by atoms with Crippen LogP contribution in [0.2, 0.25) is 0 Å². The van der Waals surface area contributed by atoms with E-state index in [0.717, 1.165) is 0 Å². The van der Waals surface area contributed by atoms with Crippen molar-refractivity contribution in [3.8, 4) is 0 Å². The Morgan fingerprint density at radius 2 is 1.36 bits per heavy atom. The normalized spacial score (nSPS) is 64.7. The zero-order valence-corrected chi connectivity index (χ0v) is 32.3. The average molecular weight is 763 g/mol. The molecule has 14 rings (SSSR count). The van der Waals surface area contributed by atoms with Gasteiger partial charge in [-0.15, -0.1) is 0 Å². The number of rotatable bonds is 0. The minimum atomic E-state index is -2.38. The molecule has 14 aliphatic rings. The van der Waals surface area contributed by atoms with Crippen molar-refractivity contribution < 1.29 is 58.9 Å². The summed E-state index contributed by atoms with van der Waals surface area (Å²) in [5, 5.41) is 61.7. The number of epoxide rings is 1. The van der Waals surface area contributed by atoms with Crippen LogP contribution in [0.1, 0.15) is 86.0 Å². The van der Waals surface area contributed by atoms with Gasteiger partial charge in [0.25, 0.3) is 0 Å². The maximum absolute atomic E-state index is 16.4. The lowest BCUT2D eigenvalue weighted by molar-refractivity contribution is -0.472. The van der Waals surface area contributed by atoms with Crippen LogP contribution < -0.4 is 0 Å². The summed E-state index contributed by atoms with van der Waals surface area (Å²) in [5.74, 6) is -8.70. The SMILES string of the molecule is C=C1C(=O)[C@@]23[C@@H](CC[C@@H]1[C@H]2O)[C@]12C(=O)[C@@]4(CC[C@@]56CC(C)(C)[C@H]7[C@H](O)[C@@]8(O)OC[C@@]7([C@@H]7CC[C@H]9C(=C)C(=O)[C@]78[C@@H]9O)[C@]5(O4)O6)CC(C)(C)[C@H]1[C@H](O)[C@H]3O[C@H]2C. The molecular formula is C43H54O12. The molecule has 6 heterocycles. The molecule has 0 aromatic heterocycles. The molecule has 298 valence electrons. The minimum Gasteiger partial charge on any atom is -0.391 e. The highest BCUT2D eigenvalue weighted by atomic mass is 16.8. The monoisotopic (exact) mass is 762 g/mol. The average Bonchev–Trinajstić information content (AvgIpc) is 3.75. The van der Waals surface area contributed by atoms with E-state index in [1.807, 2.05) is 6.92 Å². The number of hydrogen-bond donors (Lipinski definition) is 5. The topological polar surface area (TPSA) is 193 Å². The van der Waals surface area contributed by atoms with Crippen LogP contribution in [0.15, 0.2) is 24.3 Å². The summed E-state index contributed by atoms with van der Waals surface area (Å²) in [6.07, 6.45) is -3.72. The van der Waals surface area contributed by atoms with E-state index in [-0.39, 0.29) is 30.2 Å². The maximum atomic E-state index is 16.4. The van der Waals surface area contributed by atoms with Gasteiger partial charge in [0.2, 0.25) is 11.6 Å². The van der Waals surface area contributed by atoms with Gasteiger partial charge < -0.3 is 44.5 Å². The Morgan fingerprint density at radius 3 is 2.07 bits per heavy atom. The number of aliphatic hydroxyl groups excluding tert-OH is 4. The summed E-state index contributed by atoms with van der Waals surface area (Å²) in [5.41, 5.74) is -9.34. The van der Waals surface area contributed by atoms with Crippen LogP contribution in [0.5, 0.6) is 0 Å². The Labute approximate surface area is 320 Å². The largest absolute Gasteiger partial charge is 0.391 e. The molecule has 20 atom stereocenters. The second-order valence-corrected chi connectivity index (χ2v) is 21.9. The molecule has 8 aliphatic carbocycles. The zero-order chi connectivity index (χ0) is 39.0. The smallest absolute Gasteiger partial charge is 0.208 e. The number of carbonyl (C=O) groups excluding carboxylic acids is 3. The number of hydrogen-bond acceptors (Lipinski definition) is 12. The van der Waals surface area contributed by atoms with E-state index in [9.17, 15) is 35.1 Å². The van der Waals surface area contributed by atoms with Gasteiger partial charge in [0.1, 0.15) is 22.7 Å². The Morgan fingerprint density at radius 1 is 0.727 bits per heavy atom. The van der Waals surface area contributed by atoms with E-state index < -0.39 is 133 Å². The van der Waals surface area contributed by atoms with Gasteiger partial charge in [0, 0.05) is 23.7 Å². The zero-order valence-electron chi connectivity index (χ0n) is 32.3. The highest BCUT2D eigenvalue weighted by Gasteiger charge is 2.99. The van der Waals surface area contributed by atoms with Gasteiger partial charge in [-0.25, -0.2) is 0 Å². The molecule has 14 fully saturated rings. The number of aliphatic hydroxyl groups is 5. The molecule has 0 radical (unpaired) electrons. The summed E-state index contributed by atoms with van der Waals surface area (Å²) in [7, 11) is 0. The van der Waals surface area contributed by atoms with E-state index in [0.29, 0.717) is 50.5 Å². The number of ketones is 3. The van der Waals surface area contributed by atoms with Crippen LogP contribution in [-0.4, -0.2) is 109 Å². The maximum Gasteiger partial charge on any atom is 0.208 e. The lowest BCUT2D eigenvalue weighted by Crippen LogP contribution is -2.88. The molecule has 0 aromatic carbocycles. The van der Waals surface area contributed by atoms with Crippen LogP contribution in [0.4, 0.5) is 0 Å². The molecule has 6 aliphatic heterocycles. The fraction of sp³-hybridized carbons (Fsp3) is 0.837. The van der Waals surface area contributed by atoms with Gasteiger partial charge in [0.05, 0.1) is 53.4 Å². The van der Waals surface area contributed by atoms with E-state index in [4.69, 9.17) is 18.9 Å². The molecular weight excluding hydrogens is 708 g/mol. The van der Waals surface area contributed by atoms with Crippen molar-refractivity contribution >= 4 is 17.3 Å². The first kappa shape index (κ1) is 35.1. The first-order valence-corrected chi connectivity index (χ1v) is 20.8. The van der Waals surface area contributed by atoms with Crippen LogP contribution >= 0.6 is 0 Å². The van der Waals surface area contributed by atoms with Crippen LogP contribution in [-0.2, 0) is 33.3 Å². The summed E-state index contributed by atoms with van der Waals surface area (Å²) >= 11 is 0. The standard InChI is InChI=1S/C43H54O12/c1-17-20-9-11-23-39-19(3)53-32(40(23,27(17)45)29(20)47)24(44)25(39)34(4,5)14-36(33(39)50)12-13-37-15-35(6,7)26-31(49)42(51)41-22(10-8-21(30(41)48)18(2)28(41)46)38(26,16-52-42)43(37,54-36)55-37/h19-26,29-32,44,47-49,51H,1-2,8-16H2,3-7H3/t19-,20-,21-,22-,23-,24-,25+,26+,29+,30+,31-,32+,36+,37+,38-,39-,40-,41-,42+,43+/m0/s1. The Hall–Kier alpha value is -1.87. The molecule has 55 heavy (non-hydrogen) atoms. The highest BCUT2D eigenvalue weighted by molar-refractivity contribution is 6.07. The van der Waals surface area contributed by atoms with Gasteiger partial charge >= 0.3 is 0 Å². The van der Waals surface area contributed by atoms with Gasteiger partial charge in [-0.2, -0.15) is 0 Å². The van der Waals surface area contributed by atoms with Crippen molar-refractivity contribution in [1.82, 2.24) is 0 Å². The van der Waals surface area contributed by atoms with Gasteiger partial charge in [-0.1, -0.05) is 40.9 Å². The quantitative estimate of drug-likeness (QED) is 0.178. The van der Waals surface area contributed by atoms with Gasteiger partial charge in [-0.05, 0) is 92.1 Å². The second-order valence-electron chi connectivity index (χ2n) is 21.9. The first-order chi connectivity index (χ1) is 25.6. The number of carbonyl (C=O) groups is 3. The van der Waals surface area contributed by atoms with Crippen LogP contribution in [0.3, 0.4) is 0 Å². The Kier molecular flexibility index (Phi) is 5.83. The minimum absolute atomic E-state index is 0.114. The van der Waals surface area contributed by atoms with E-state index in [2.05, 4.69) is 40.9 Å². The third-order valence-electron chi connectivity index (χ3n) is 19.6. The number of Topliss-reactive ketones (excluding diaryl/α,β-unsaturated/α-hetero) is 3. The third kappa shape index (κ3) is 2.88. The van der Waals surface area contributed by atoms with E-state index >= 15 is 4.79 Å². The van der Waals surface area contributed by atoms with Crippen LogP contribution in [0.25, 0.3) is 0 Å². The summed E-state index contributed by atoms with van der Waals surface area (Å²) in [6.45, 7) is 18.1. The molecule has 5 spiro atoms. The van der Waals surface area contributed by atoms with Crippen molar-refractivity contribution in [3.05, 3.63) is 24.3 Å².